The summed E-state index contributed by atoms with van der Waals surface area (Å²) in [6.07, 6.45) is 1.60. The topological polar surface area (TPSA) is 62.3 Å². The molecule has 0 aliphatic carbocycles. The van der Waals surface area contributed by atoms with Crippen LogP contribution < -0.4 is 4.74 Å². The minimum atomic E-state index is -0.217. The number of nitrogens with zero attached hydrogens (tertiary/aromatic N) is 3. The van der Waals surface area contributed by atoms with Crippen LogP contribution in [0.1, 0.15) is 40.6 Å². The van der Waals surface area contributed by atoms with Gasteiger partial charge >= 0.3 is 6.09 Å². The summed E-state index contributed by atoms with van der Waals surface area (Å²) in [6.45, 7) is 9.58. The maximum atomic E-state index is 12.7. The number of rotatable bonds is 6. The zero-order chi connectivity index (χ0) is 23.2. The van der Waals surface area contributed by atoms with E-state index in [2.05, 4.69) is 17.0 Å². The van der Waals surface area contributed by atoms with Gasteiger partial charge in [0, 0.05) is 58.7 Å². The highest BCUT2D eigenvalue weighted by Gasteiger charge is 2.26. The zero-order valence-electron chi connectivity index (χ0n) is 19.5. The fraction of sp³-hybridized carbons (Fsp3) is 0.520. The number of likely N-dealkylation sites (tertiary alicyclic amines) is 1. The van der Waals surface area contributed by atoms with Gasteiger partial charge in [-0.2, -0.15) is 0 Å². The number of carbonyl (C=O) groups is 2. The van der Waals surface area contributed by atoms with Crippen LogP contribution in [-0.4, -0.2) is 78.7 Å². The summed E-state index contributed by atoms with van der Waals surface area (Å²) in [7, 11) is 0. The summed E-state index contributed by atoms with van der Waals surface area (Å²) in [5, 5.41) is 1.98. The van der Waals surface area contributed by atoms with E-state index in [-0.39, 0.29) is 18.1 Å². The van der Waals surface area contributed by atoms with Gasteiger partial charge in [0.15, 0.2) is 0 Å². The second kappa shape index (κ2) is 11.0. The van der Waals surface area contributed by atoms with Gasteiger partial charge in [0.1, 0.15) is 11.9 Å². The molecule has 2 aliphatic heterocycles. The largest absolute Gasteiger partial charge is 0.490 e. The fourth-order valence-corrected chi connectivity index (χ4v) is 5.28. The molecule has 1 aromatic carbocycles. The third-order valence-electron chi connectivity index (χ3n) is 6.29. The monoisotopic (exact) mass is 471 g/mol. The molecule has 0 spiro atoms. The highest BCUT2D eigenvalue weighted by Crippen LogP contribution is 2.24. The van der Waals surface area contributed by atoms with Gasteiger partial charge in [0.25, 0.3) is 5.91 Å². The second-order valence-electron chi connectivity index (χ2n) is 8.65. The van der Waals surface area contributed by atoms with Gasteiger partial charge < -0.3 is 19.3 Å². The van der Waals surface area contributed by atoms with Crippen molar-refractivity contribution in [2.45, 2.75) is 39.3 Å². The lowest BCUT2D eigenvalue weighted by molar-refractivity contribution is 0.0599. The minimum Gasteiger partial charge on any atom is -0.490 e. The molecule has 0 bridgehead atoms. The van der Waals surface area contributed by atoms with Crippen LogP contribution in [0, 0.1) is 6.92 Å². The Kier molecular flexibility index (Phi) is 7.88. The predicted molar refractivity (Wildman–Crippen MR) is 129 cm³/mol. The molecular formula is C25H33N3O4S. The average Bonchev–Trinajstić information content (AvgIpc) is 3.26. The van der Waals surface area contributed by atoms with Crippen LogP contribution in [0.2, 0.25) is 0 Å². The summed E-state index contributed by atoms with van der Waals surface area (Å²) >= 11 is 1.52. The summed E-state index contributed by atoms with van der Waals surface area (Å²) in [5.41, 5.74) is 2.26. The quantitative estimate of drug-likeness (QED) is 0.637. The number of hydrogen-bond acceptors (Lipinski definition) is 6. The summed E-state index contributed by atoms with van der Waals surface area (Å²) in [5.74, 6) is 1.03. The lowest BCUT2D eigenvalue weighted by Gasteiger charge is -2.34. The number of carbonyl (C=O) groups excluding carboxylic acids is 2. The number of thiophene rings is 1. The van der Waals surface area contributed by atoms with E-state index in [9.17, 15) is 9.59 Å². The Labute approximate surface area is 199 Å². The first-order chi connectivity index (χ1) is 16.0. The zero-order valence-corrected chi connectivity index (χ0v) is 20.3. The average molecular weight is 472 g/mol. The van der Waals surface area contributed by atoms with E-state index in [0.29, 0.717) is 19.7 Å². The molecule has 33 heavy (non-hydrogen) atoms. The van der Waals surface area contributed by atoms with E-state index in [1.165, 1.54) is 16.9 Å². The number of hydrogen-bond donors (Lipinski definition) is 0. The van der Waals surface area contributed by atoms with E-state index in [1.54, 1.807) is 4.90 Å². The molecule has 0 unspecified atom stereocenters. The molecule has 2 fully saturated rings. The molecule has 0 N–H and O–H groups in total. The highest BCUT2D eigenvalue weighted by atomic mass is 32.1. The molecule has 2 aliphatic rings. The van der Waals surface area contributed by atoms with Gasteiger partial charge in [-0.1, -0.05) is 12.1 Å². The number of ether oxygens (including phenoxy) is 2. The van der Waals surface area contributed by atoms with Gasteiger partial charge in [-0.15, -0.1) is 11.3 Å². The van der Waals surface area contributed by atoms with E-state index in [0.717, 1.165) is 61.8 Å². The van der Waals surface area contributed by atoms with Crippen molar-refractivity contribution in [3.05, 3.63) is 51.7 Å². The van der Waals surface area contributed by atoms with Crippen LogP contribution in [0.25, 0.3) is 0 Å². The molecule has 178 valence electrons. The fourth-order valence-electron chi connectivity index (χ4n) is 4.38. The summed E-state index contributed by atoms with van der Waals surface area (Å²) in [4.78, 5) is 31.5. The molecule has 4 rings (SSSR count). The van der Waals surface area contributed by atoms with Crippen molar-refractivity contribution in [2.75, 3.05) is 45.9 Å². The Balaban J connectivity index is 1.24. The van der Waals surface area contributed by atoms with E-state index >= 15 is 0 Å². The van der Waals surface area contributed by atoms with Crippen molar-refractivity contribution in [3.63, 3.8) is 0 Å². The third kappa shape index (κ3) is 6.06. The molecule has 0 atom stereocenters. The molecule has 0 radical (unpaired) electrons. The molecule has 0 saturated carbocycles. The van der Waals surface area contributed by atoms with Crippen molar-refractivity contribution >= 4 is 23.3 Å². The van der Waals surface area contributed by atoms with E-state index in [1.807, 2.05) is 42.3 Å². The number of piperidine rings is 1. The van der Waals surface area contributed by atoms with Crippen LogP contribution in [0.3, 0.4) is 0 Å². The first kappa shape index (κ1) is 23.6. The Bertz CT molecular complexity index is 947. The van der Waals surface area contributed by atoms with Crippen molar-refractivity contribution in [3.8, 4) is 5.75 Å². The SMILES string of the molecule is CCOC(=O)N1CCN(Cc2cccc(OC3CCN(C(=O)c4sccc4C)CC3)c2)CC1. The molecule has 3 heterocycles. The third-order valence-corrected chi connectivity index (χ3v) is 7.30. The Morgan fingerprint density at radius 2 is 1.79 bits per heavy atom. The first-order valence-electron chi connectivity index (χ1n) is 11.8. The van der Waals surface area contributed by atoms with Gasteiger partial charge in [-0.3, -0.25) is 9.69 Å². The van der Waals surface area contributed by atoms with Crippen LogP contribution in [0.5, 0.6) is 5.75 Å². The second-order valence-corrected chi connectivity index (χ2v) is 9.57. The molecule has 8 heteroatoms. The van der Waals surface area contributed by atoms with E-state index in [4.69, 9.17) is 9.47 Å². The highest BCUT2D eigenvalue weighted by molar-refractivity contribution is 7.12. The van der Waals surface area contributed by atoms with Crippen molar-refractivity contribution in [2.24, 2.45) is 0 Å². The van der Waals surface area contributed by atoms with Crippen molar-refractivity contribution in [1.29, 1.82) is 0 Å². The number of amides is 2. The molecule has 7 nitrogen and oxygen atoms in total. The van der Waals surface area contributed by atoms with Gasteiger partial charge in [0.05, 0.1) is 11.5 Å². The Morgan fingerprint density at radius 1 is 1.03 bits per heavy atom. The van der Waals surface area contributed by atoms with Crippen LogP contribution in [-0.2, 0) is 11.3 Å². The van der Waals surface area contributed by atoms with Crippen LogP contribution in [0.4, 0.5) is 4.79 Å². The summed E-state index contributed by atoms with van der Waals surface area (Å²) < 4.78 is 11.4. The first-order valence-corrected chi connectivity index (χ1v) is 12.6. The molecule has 2 aromatic rings. The molecule has 2 amide bonds. The van der Waals surface area contributed by atoms with Crippen molar-refractivity contribution in [1.82, 2.24) is 14.7 Å². The lowest BCUT2D eigenvalue weighted by atomic mass is 10.1. The standard InChI is InChI=1S/C25H33N3O4S/c1-3-31-25(30)28-14-12-26(13-15-28)18-20-5-4-6-22(17-20)32-21-7-10-27(11-8-21)24(29)23-19(2)9-16-33-23/h4-6,9,16-17,21H,3,7-8,10-15,18H2,1-2H3. The molecular weight excluding hydrogens is 438 g/mol. The van der Waals surface area contributed by atoms with Gasteiger partial charge in [0.2, 0.25) is 0 Å². The Morgan fingerprint density at radius 3 is 2.45 bits per heavy atom. The summed E-state index contributed by atoms with van der Waals surface area (Å²) in [6, 6.07) is 10.3. The minimum absolute atomic E-state index is 0.127. The number of piperazine rings is 1. The van der Waals surface area contributed by atoms with Gasteiger partial charge in [-0.05, 0) is 48.6 Å². The van der Waals surface area contributed by atoms with Gasteiger partial charge in [-0.25, -0.2) is 4.79 Å². The van der Waals surface area contributed by atoms with Crippen LogP contribution >= 0.6 is 11.3 Å². The van der Waals surface area contributed by atoms with Crippen LogP contribution in [0.15, 0.2) is 35.7 Å². The Hall–Kier alpha value is -2.58. The van der Waals surface area contributed by atoms with Crippen molar-refractivity contribution < 1.29 is 19.1 Å². The number of aryl methyl sites for hydroxylation is 1. The number of benzene rings is 1. The van der Waals surface area contributed by atoms with E-state index < -0.39 is 0 Å². The smallest absolute Gasteiger partial charge is 0.409 e. The lowest BCUT2D eigenvalue weighted by Crippen LogP contribution is -2.48. The molecule has 2 saturated heterocycles. The maximum Gasteiger partial charge on any atom is 0.409 e. The maximum absolute atomic E-state index is 12.7. The normalized spacial score (nSPS) is 17.8. The predicted octanol–water partition coefficient (Wildman–Crippen LogP) is 4.01. The molecule has 1 aromatic heterocycles.